The van der Waals surface area contributed by atoms with E-state index in [1.807, 2.05) is 0 Å². The minimum atomic E-state index is 0.355. The molecule has 1 atom stereocenters. The van der Waals surface area contributed by atoms with Gasteiger partial charge in [-0.3, -0.25) is 0 Å². The van der Waals surface area contributed by atoms with Crippen LogP contribution in [0.4, 0.5) is 5.82 Å². The third-order valence-corrected chi connectivity index (χ3v) is 3.71. The van der Waals surface area contributed by atoms with Gasteiger partial charge in [-0.1, -0.05) is 11.6 Å². The van der Waals surface area contributed by atoms with Crippen LogP contribution in [-0.4, -0.2) is 36.0 Å². The maximum absolute atomic E-state index is 6.16. The topological polar surface area (TPSA) is 38.2 Å². The van der Waals surface area contributed by atoms with Crippen LogP contribution in [0, 0.1) is 5.92 Å². The summed E-state index contributed by atoms with van der Waals surface area (Å²) in [7, 11) is 1.56. The van der Waals surface area contributed by atoms with E-state index < -0.39 is 0 Å². The molecule has 1 unspecified atom stereocenters. The first kappa shape index (κ1) is 13.7. The predicted molar refractivity (Wildman–Crippen MR) is 73.9 cm³/mol. The van der Waals surface area contributed by atoms with Crippen molar-refractivity contribution in [2.45, 2.75) is 19.3 Å². The average Bonchev–Trinajstić information content (AvgIpc) is 2.40. The summed E-state index contributed by atoms with van der Waals surface area (Å²) in [6, 6.07) is 0.355. The first-order chi connectivity index (χ1) is 8.74. The molecule has 0 amide bonds. The molecule has 100 valence electrons. The predicted octanol–water partition coefficient (Wildman–Crippen LogP) is 2.98. The highest BCUT2D eigenvalue weighted by Gasteiger charge is 2.22. The second kappa shape index (κ2) is 6.43. The van der Waals surface area contributed by atoms with Crippen molar-refractivity contribution in [3.63, 3.8) is 0 Å². The van der Waals surface area contributed by atoms with E-state index in [0.29, 0.717) is 22.8 Å². The van der Waals surface area contributed by atoms with E-state index in [1.54, 1.807) is 13.3 Å². The van der Waals surface area contributed by atoms with E-state index in [9.17, 15) is 0 Å². The summed E-state index contributed by atoms with van der Waals surface area (Å²) in [6.07, 6.45) is 5.00. The van der Waals surface area contributed by atoms with Gasteiger partial charge in [-0.05, 0) is 25.2 Å². The highest BCUT2D eigenvalue weighted by molar-refractivity contribution is 6.32. The Morgan fingerprint density at radius 2 is 2.39 bits per heavy atom. The second-order valence-corrected chi connectivity index (χ2v) is 5.25. The number of halogens is 2. The molecule has 2 rings (SSSR count). The Morgan fingerprint density at radius 3 is 3.11 bits per heavy atom. The molecule has 0 spiro atoms. The highest BCUT2D eigenvalue weighted by Crippen LogP contribution is 2.29. The number of piperidine rings is 1. The molecule has 0 N–H and O–H groups in total. The fraction of sp³-hybridized carbons (Fsp3) is 0.667. The standard InChI is InChI=1S/C12H17Cl2N3O/c1-18-12-15-7-10(14)11(16-12)17-6-2-3-9(8-17)4-5-13/h7,9H,2-6,8H2,1H3. The van der Waals surface area contributed by atoms with E-state index in [1.165, 1.54) is 6.42 Å². The van der Waals surface area contributed by atoms with Crippen molar-refractivity contribution in [2.75, 3.05) is 31.0 Å². The molecule has 1 aromatic rings. The third kappa shape index (κ3) is 3.18. The Morgan fingerprint density at radius 1 is 1.56 bits per heavy atom. The lowest BCUT2D eigenvalue weighted by molar-refractivity contribution is 0.375. The number of rotatable bonds is 4. The average molecular weight is 290 g/mol. The minimum absolute atomic E-state index is 0.355. The van der Waals surface area contributed by atoms with Crippen LogP contribution in [-0.2, 0) is 0 Å². The first-order valence-corrected chi connectivity index (χ1v) is 7.03. The molecular formula is C12H17Cl2N3O. The normalized spacial score (nSPS) is 19.9. The Balaban J connectivity index is 2.14. The Labute approximate surface area is 117 Å². The van der Waals surface area contributed by atoms with Crippen molar-refractivity contribution < 1.29 is 4.74 Å². The lowest BCUT2D eigenvalue weighted by Crippen LogP contribution is -2.36. The Bertz CT molecular complexity index is 401. The molecule has 4 nitrogen and oxygen atoms in total. The van der Waals surface area contributed by atoms with E-state index in [-0.39, 0.29) is 0 Å². The summed E-state index contributed by atoms with van der Waals surface area (Å²) in [5.74, 6) is 2.09. The van der Waals surface area contributed by atoms with Gasteiger partial charge in [0.2, 0.25) is 0 Å². The maximum Gasteiger partial charge on any atom is 0.318 e. The van der Waals surface area contributed by atoms with E-state index in [0.717, 1.165) is 31.7 Å². The Hall–Kier alpha value is -0.740. The van der Waals surface area contributed by atoms with Gasteiger partial charge < -0.3 is 9.64 Å². The van der Waals surface area contributed by atoms with Crippen LogP contribution in [0.1, 0.15) is 19.3 Å². The quantitative estimate of drug-likeness (QED) is 0.799. The zero-order valence-corrected chi connectivity index (χ0v) is 11.9. The van der Waals surface area contributed by atoms with Crippen LogP contribution in [0.3, 0.4) is 0 Å². The molecule has 1 aliphatic heterocycles. The largest absolute Gasteiger partial charge is 0.467 e. The fourth-order valence-electron chi connectivity index (χ4n) is 2.31. The maximum atomic E-state index is 6.16. The number of hydrogen-bond donors (Lipinski definition) is 0. The SMILES string of the molecule is COc1ncc(Cl)c(N2CCCC(CCCl)C2)n1. The van der Waals surface area contributed by atoms with E-state index in [4.69, 9.17) is 27.9 Å². The van der Waals surface area contributed by atoms with Gasteiger partial charge in [-0.2, -0.15) is 4.98 Å². The van der Waals surface area contributed by atoms with Crippen LogP contribution in [0.5, 0.6) is 6.01 Å². The van der Waals surface area contributed by atoms with Crippen molar-refractivity contribution in [1.29, 1.82) is 0 Å². The fourth-order valence-corrected chi connectivity index (χ4v) is 2.83. The van der Waals surface area contributed by atoms with Gasteiger partial charge in [-0.15, -0.1) is 11.6 Å². The summed E-state index contributed by atoms with van der Waals surface area (Å²) in [5.41, 5.74) is 0. The molecule has 0 aromatic carbocycles. The van der Waals surface area contributed by atoms with Crippen molar-refractivity contribution in [3.05, 3.63) is 11.2 Å². The van der Waals surface area contributed by atoms with Crippen LogP contribution in [0.15, 0.2) is 6.20 Å². The molecule has 0 bridgehead atoms. The number of ether oxygens (including phenoxy) is 1. The van der Waals surface area contributed by atoms with E-state index in [2.05, 4.69) is 14.9 Å². The summed E-state index contributed by atoms with van der Waals surface area (Å²) >= 11 is 12.0. The molecular weight excluding hydrogens is 273 g/mol. The van der Waals surface area contributed by atoms with Crippen LogP contribution >= 0.6 is 23.2 Å². The highest BCUT2D eigenvalue weighted by atomic mass is 35.5. The molecule has 1 aliphatic rings. The van der Waals surface area contributed by atoms with Crippen molar-refractivity contribution in [3.8, 4) is 6.01 Å². The molecule has 0 radical (unpaired) electrons. The number of hydrogen-bond acceptors (Lipinski definition) is 4. The number of anilines is 1. The van der Waals surface area contributed by atoms with Crippen LogP contribution in [0.25, 0.3) is 0 Å². The molecule has 1 fully saturated rings. The zero-order valence-electron chi connectivity index (χ0n) is 10.4. The molecule has 6 heteroatoms. The number of methoxy groups -OCH3 is 1. The van der Waals surface area contributed by atoms with Gasteiger partial charge >= 0.3 is 6.01 Å². The smallest absolute Gasteiger partial charge is 0.318 e. The molecule has 1 saturated heterocycles. The molecule has 0 saturated carbocycles. The molecule has 2 heterocycles. The summed E-state index contributed by atoms with van der Waals surface area (Å²) in [5, 5.41) is 0.572. The number of aromatic nitrogens is 2. The number of alkyl halides is 1. The van der Waals surface area contributed by atoms with Gasteiger partial charge in [0.15, 0.2) is 5.82 Å². The molecule has 0 aliphatic carbocycles. The minimum Gasteiger partial charge on any atom is -0.467 e. The van der Waals surface area contributed by atoms with Gasteiger partial charge in [0.1, 0.15) is 5.02 Å². The lowest BCUT2D eigenvalue weighted by Gasteiger charge is -2.33. The van der Waals surface area contributed by atoms with Crippen molar-refractivity contribution in [2.24, 2.45) is 5.92 Å². The second-order valence-electron chi connectivity index (χ2n) is 4.46. The number of nitrogens with zero attached hydrogens (tertiary/aromatic N) is 3. The molecule has 1 aromatic heterocycles. The monoisotopic (exact) mass is 289 g/mol. The van der Waals surface area contributed by atoms with Gasteiger partial charge in [0.25, 0.3) is 0 Å². The third-order valence-electron chi connectivity index (χ3n) is 3.22. The lowest BCUT2D eigenvalue weighted by atomic mass is 9.95. The van der Waals surface area contributed by atoms with Gasteiger partial charge in [0.05, 0.1) is 13.3 Å². The van der Waals surface area contributed by atoms with Crippen molar-refractivity contribution in [1.82, 2.24) is 9.97 Å². The first-order valence-electron chi connectivity index (χ1n) is 6.12. The van der Waals surface area contributed by atoms with E-state index >= 15 is 0 Å². The van der Waals surface area contributed by atoms with Gasteiger partial charge in [-0.25, -0.2) is 4.98 Å². The molecule has 18 heavy (non-hydrogen) atoms. The van der Waals surface area contributed by atoms with Crippen LogP contribution < -0.4 is 9.64 Å². The summed E-state index contributed by atoms with van der Waals surface area (Å²) in [6.45, 7) is 1.92. The van der Waals surface area contributed by atoms with Gasteiger partial charge in [0, 0.05) is 19.0 Å². The Kier molecular flexibility index (Phi) is 4.89. The van der Waals surface area contributed by atoms with Crippen molar-refractivity contribution >= 4 is 29.0 Å². The zero-order chi connectivity index (χ0) is 13.0. The van der Waals surface area contributed by atoms with Crippen LogP contribution in [0.2, 0.25) is 5.02 Å². The summed E-state index contributed by atoms with van der Waals surface area (Å²) < 4.78 is 5.05. The summed E-state index contributed by atoms with van der Waals surface area (Å²) in [4.78, 5) is 10.5.